The summed E-state index contributed by atoms with van der Waals surface area (Å²) >= 11 is 3.44. The van der Waals surface area contributed by atoms with Gasteiger partial charge in [0.05, 0.1) is 0 Å². The topological polar surface area (TPSA) is 17.1 Å². The Morgan fingerprint density at radius 2 is 2.25 bits per heavy atom. The lowest BCUT2D eigenvalue weighted by Crippen LogP contribution is -2.36. The van der Waals surface area contributed by atoms with E-state index < -0.39 is 0 Å². The molecule has 2 aliphatic carbocycles. The number of benzene rings is 1. The summed E-state index contributed by atoms with van der Waals surface area (Å²) < 4.78 is 1.05. The summed E-state index contributed by atoms with van der Waals surface area (Å²) in [6, 6.07) is 8.04. The van der Waals surface area contributed by atoms with Gasteiger partial charge in [-0.3, -0.25) is 4.79 Å². The highest BCUT2D eigenvalue weighted by Crippen LogP contribution is 2.44. The number of halogens is 1. The molecule has 80 valence electrons. The first-order valence-electron chi connectivity index (χ1n) is 5.44. The van der Waals surface area contributed by atoms with Crippen LogP contribution < -0.4 is 0 Å². The quantitative estimate of drug-likeness (QED) is 0.565. The molecule has 0 radical (unpaired) electrons. The Hall–Kier alpha value is -1.15. The number of hydrogen-bond acceptors (Lipinski definition) is 1. The predicted octanol–water partition coefficient (Wildman–Crippen LogP) is 3.61. The third-order valence-electron chi connectivity index (χ3n) is 3.32. The highest BCUT2D eigenvalue weighted by molar-refractivity contribution is 9.10. The summed E-state index contributed by atoms with van der Waals surface area (Å²) in [7, 11) is 0. The average Bonchev–Trinajstić information content (AvgIpc) is 2.70. The van der Waals surface area contributed by atoms with Gasteiger partial charge in [-0.2, -0.15) is 0 Å². The molecule has 0 bridgehead atoms. The van der Waals surface area contributed by atoms with E-state index in [0.29, 0.717) is 11.7 Å². The predicted molar refractivity (Wildman–Crippen MR) is 67.9 cm³/mol. The van der Waals surface area contributed by atoms with Crippen molar-refractivity contribution in [3.8, 4) is 0 Å². The Morgan fingerprint density at radius 1 is 1.38 bits per heavy atom. The van der Waals surface area contributed by atoms with Gasteiger partial charge < -0.3 is 0 Å². The van der Waals surface area contributed by atoms with Crippen LogP contribution in [0.4, 0.5) is 0 Å². The van der Waals surface area contributed by atoms with Crippen LogP contribution in [0.2, 0.25) is 0 Å². The van der Waals surface area contributed by atoms with Crippen molar-refractivity contribution in [1.82, 2.24) is 0 Å². The first-order valence-corrected chi connectivity index (χ1v) is 6.23. The van der Waals surface area contributed by atoms with Gasteiger partial charge in [0.15, 0.2) is 5.78 Å². The molecule has 2 aliphatic rings. The molecule has 0 N–H and O–H groups in total. The zero-order valence-electron chi connectivity index (χ0n) is 8.69. The number of ketones is 1. The lowest BCUT2D eigenvalue weighted by molar-refractivity contribution is -0.124. The second kappa shape index (κ2) is 3.70. The second-order valence-electron chi connectivity index (χ2n) is 4.32. The fourth-order valence-corrected chi connectivity index (χ4v) is 2.89. The molecule has 3 rings (SSSR count). The van der Waals surface area contributed by atoms with Gasteiger partial charge in [0.2, 0.25) is 0 Å². The van der Waals surface area contributed by atoms with E-state index in [1.54, 1.807) is 0 Å². The molecule has 16 heavy (non-hydrogen) atoms. The fraction of sp³-hybridized carbons (Fsp3) is 0.214. The Morgan fingerprint density at radius 3 is 3.06 bits per heavy atom. The standard InChI is InChI=1S/C14H11BrO/c15-10-4-1-3-9(7-10)8-13-11-5-2-6-12(11)14(13)16/h1-5,7-8,11-12H,6H2/b13-8-/t11-,12+/m1/s1. The van der Waals surface area contributed by atoms with E-state index in [4.69, 9.17) is 0 Å². The lowest BCUT2D eigenvalue weighted by atomic mass is 9.69. The van der Waals surface area contributed by atoms with E-state index in [9.17, 15) is 4.79 Å². The molecule has 2 atom stereocenters. The highest BCUT2D eigenvalue weighted by Gasteiger charge is 2.44. The van der Waals surface area contributed by atoms with Crippen LogP contribution in [0.25, 0.3) is 6.08 Å². The second-order valence-corrected chi connectivity index (χ2v) is 5.23. The van der Waals surface area contributed by atoms with Gasteiger partial charge in [-0.1, -0.05) is 40.2 Å². The number of fused-ring (bicyclic) bond motifs is 1. The molecule has 1 saturated carbocycles. The first-order chi connectivity index (χ1) is 7.75. The van der Waals surface area contributed by atoms with Crippen molar-refractivity contribution >= 4 is 27.8 Å². The molecule has 0 saturated heterocycles. The van der Waals surface area contributed by atoms with Crippen LogP contribution in [0.3, 0.4) is 0 Å². The van der Waals surface area contributed by atoms with Crippen LogP contribution in [-0.2, 0) is 4.79 Å². The van der Waals surface area contributed by atoms with E-state index in [-0.39, 0.29) is 5.92 Å². The van der Waals surface area contributed by atoms with Crippen molar-refractivity contribution < 1.29 is 4.79 Å². The molecule has 1 nitrogen and oxygen atoms in total. The number of hydrogen-bond donors (Lipinski definition) is 0. The largest absolute Gasteiger partial charge is 0.294 e. The lowest BCUT2D eigenvalue weighted by Gasteiger charge is -2.31. The normalized spacial score (nSPS) is 29.3. The Balaban J connectivity index is 1.93. The first kappa shape index (κ1) is 10.0. The summed E-state index contributed by atoms with van der Waals surface area (Å²) in [6.07, 6.45) is 7.23. The molecule has 0 aromatic heterocycles. The number of Topliss-reactive ketones (excluding diaryl/α,β-unsaturated/α-hetero) is 1. The molecule has 1 fully saturated rings. The molecular formula is C14H11BrO. The van der Waals surface area contributed by atoms with Gasteiger partial charge in [-0.05, 0) is 30.2 Å². The van der Waals surface area contributed by atoms with Crippen molar-refractivity contribution in [2.45, 2.75) is 6.42 Å². The monoisotopic (exact) mass is 274 g/mol. The Labute approximate surface area is 103 Å². The fourth-order valence-electron chi connectivity index (χ4n) is 2.47. The summed E-state index contributed by atoms with van der Waals surface area (Å²) in [5, 5.41) is 0. The SMILES string of the molecule is O=C1/C(=C\c2cccc(Br)c2)[C@@H]2C=CC[C@H]12. The van der Waals surface area contributed by atoms with Crippen LogP contribution in [-0.4, -0.2) is 5.78 Å². The maximum absolute atomic E-state index is 11.8. The van der Waals surface area contributed by atoms with E-state index in [1.807, 2.05) is 30.3 Å². The van der Waals surface area contributed by atoms with Gasteiger partial charge in [-0.25, -0.2) is 0 Å². The summed E-state index contributed by atoms with van der Waals surface area (Å²) in [6.45, 7) is 0. The maximum Gasteiger partial charge on any atom is 0.163 e. The smallest absolute Gasteiger partial charge is 0.163 e. The number of carbonyl (C=O) groups excluding carboxylic acids is 1. The number of allylic oxidation sites excluding steroid dienone is 3. The van der Waals surface area contributed by atoms with Crippen LogP contribution in [0.1, 0.15) is 12.0 Å². The van der Waals surface area contributed by atoms with Crippen LogP contribution >= 0.6 is 15.9 Å². The Bertz CT molecular complexity index is 513. The highest BCUT2D eigenvalue weighted by atomic mass is 79.9. The zero-order valence-corrected chi connectivity index (χ0v) is 10.3. The molecule has 1 aromatic carbocycles. The van der Waals surface area contributed by atoms with E-state index in [0.717, 1.165) is 22.0 Å². The van der Waals surface area contributed by atoms with E-state index >= 15 is 0 Å². The van der Waals surface area contributed by atoms with E-state index in [1.165, 1.54) is 0 Å². The molecular weight excluding hydrogens is 264 g/mol. The zero-order chi connectivity index (χ0) is 11.1. The van der Waals surface area contributed by atoms with Crippen molar-refractivity contribution in [1.29, 1.82) is 0 Å². The minimum atomic E-state index is 0.249. The van der Waals surface area contributed by atoms with Gasteiger partial charge in [0, 0.05) is 21.9 Å². The van der Waals surface area contributed by atoms with Gasteiger partial charge in [0.25, 0.3) is 0 Å². The Kier molecular flexibility index (Phi) is 2.32. The summed E-state index contributed by atoms with van der Waals surface area (Å²) in [5.41, 5.74) is 2.06. The summed E-state index contributed by atoms with van der Waals surface area (Å²) in [5.74, 6) is 0.958. The van der Waals surface area contributed by atoms with Crippen LogP contribution in [0.5, 0.6) is 0 Å². The molecule has 1 aromatic rings. The minimum Gasteiger partial charge on any atom is -0.294 e. The van der Waals surface area contributed by atoms with Crippen LogP contribution in [0, 0.1) is 11.8 Å². The molecule has 0 unspecified atom stereocenters. The minimum absolute atomic E-state index is 0.249. The number of carbonyl (C=O) groups is 1. The molecule has 2 heteroatoms. The molecule has 0 amide bonds. The van der Waals surface area contributed by atoms with Crippen molar-refractivity contribution in [2.75, 3.05) is 0 Å². The van der Waals surface area contributed by atoms with E-state index in [2.05, 4.69) is 28.1 Å². The van der Waals surface area contributed by atoms with Crippen molar-refractivity contribution in [3.63, 3.8) is 0 Å². The third kappa shape index (κ3) is 1.49. The molecule has 0 heterocycles. The van der Waals surface area contributed by atoms with Crippen molar-refractivity contribution in [3.05, 3.63) is 52.0 Å². The molecule has 0 spiro atoms. The summed E-state index contributed by atoms with van der Waals surface area (Å²) in [4.78, 5) is 11.8. The van der Waals surface area contributed by atoms with Gasteiger partial charge in [-0.15, -0.1) is 0 Å². The maximum atomic E-state index is 11.8. The molecule has 0 aliphatic heterocycles. The van der Waals surface area contributed by atoms with Gasteiger partial charge in [0.1, 0.15) is 0 Å². The third-order valence-corrected chi connectivity index (χ3v) is 3.81. The van der Waals surface area contributed by atoms with Crippen LogP contribution in [0.15, 0.2) is 46.5 Å². The number of rotatable bonds is 1. The average molecular weight is 275 g/mol. The van der Waals surface area contributed by atoms with Crippen molar-refractivity contribution in [2.24, 2.45) is 11.8 Å². The van der Waals surface area contributed by atoms with Gasteiger partial charge >= 0.3 is 0 Å².